The summed E-state index contributed by atoms with van der Waals surface area (Å²) in [5.74, 6) is 1.69. The number of furan rings is 1. The minimum atomic E-state index is -1.15. The number of fused-ring (bicyclic) bond motifs is 2. The van der Waals surface area contributed by atoms with E-state index in [1.54, 1.807) is 30.0 Å². The number of alkyl halides is 1. The summed E-state index contributed by atoms with van der Waals surface area (Å²) >= 11 is 2.64. The van der Waals surface area contributed by atoms with Gasteiger partial charge in [0.2, 0.25) is 4.96 Å². The molecule has 12 heteroatoms. The maximum Gasteiger partial charge on any atom is 0.212 e. The van der Waals surface area contributed by atoms with E-state index < -0.39 is 11.8 Å². The Balaban J connectivity index is 1.26. The number of methoxy groups -OCH3 is 1. The van der Waals surface area contributed by atoms with Crippen molar-refractivity contribution in [3.05, 3.63) is 45.5 Å². The van der Waals surface area contributed by atoms with E-state index in [0.717, 1.165) is 11.1 Å². The highest BCUT2D eigenvalue weighted by Gasteiger charge is 2.40. The van der Waals surface area contributed by atoms with Crippen LogP contribution in [0.5, 0.6) is 11.5 Å². The maximum absolute atomic E-state index is 13.6. The number of hydrogen-bond donors (Lipinski definition) is 1. The van der Waals surface area contributed by atoms with E-state index >= 15 is 0 Å². The number of imidazole rings is 1. The van der Waals surface area contributed by atoms with Gasteiger partial charge in [-0.15, -0.1) is 11.3 Å². The van der Waals surface area contributed by atoms with E-state index in [-0.39, 0.29) is 18.8 Å². The van der Waals surface area contributed by atoms with Gasteiger partial charge in [-0.05, 0) is 26.8 Å². The molecule has 0 saturated carbocycles. The third-order valence-corrected chi connectivity index (χ3v) is 8.66. The van der Waals surface area contributed by atoms with E-state index in [0.29, 0.717) is 56.4 Å². The average molecular weight is 559 g/mol. The van der Waals surface area contributed by atoms with Gasteiger partial charge in [-0.2, -0.15) is 5.10 Å². The number of thiazole rings is 1. The molecule has 38 heavy (non-hydrogen) atoms. The number of aliphatic hydroxyl groups is 1. The number of aromatic nitrogens is 4. The van der Waals surface area contributed by atoms with Gasteiger partial charge in [-0.3, -0.25) is 0 Å². The largest absolute Gasteiger partial charge is 0.496 e. The minimum Gasteiger partial charge on any atom is -0.496 e. The van der Waals surface area contributed by atoms with Crippen LogP contribution >= 0.6 is 22.7 Å². The predicted molar refractivity (Wildman–Crippen MR) is 142 cm³/mol. The van der Waals surface area contributed by atoms with Crippen LogP contribution in [-0.4, -0.2) is 44.0 Å². The van der Waals surface area contributed by atoms with Crippen molar-refractivity contribution in [2.24, 2.45) is 0 Å². The minimum absolute atomic E-state index is 0.0381. The smallest absolute Gasteiger partial charge is 0.212 e. The summed E-state index contributed by atoms with van der Waals surface area (Å²) in [7, 11) is 1.58. The van der Waals surface area contributed by atoms with Crippen LogP contribution in [0.15, 0.2) is 34.2 Å². The van der Waals surface area contributed by atoms with Gasteiger partial charge in [-0.25, -0.2) is 18.9 Å². The van der Waals surface area contributed by atoms with E-state index in [4.69, 9.17) is 23.6 Å². The molecule has 0 spiro atoms. The van der Waals surface area contributed by atoms with Crippen LogP contribution in [-0.2, 0) is 16.9 Å². The second-order valence-electron chi connectivity index (χ2n) is 9.69. The van der Waals surface area contributed by atoms with Gasteiger partial charge in [0.05, 0.1) is 36.6 Å². The topological polar surface area (TPSA) is 104 Å². The Morgan fingerprint density at radius 2 is 2.03 bits per heavy atom. The molecule has 1 aliphatic rings. The molecule has 200 valence electrons. The average Bonchev–Trinajstić information content (AvgIpc) is 3.63. The zero-order valence-electron chi connectivity index (χ0n) is 21.3. The predicted octanol–water partition coefficient (Wildman–Crippen LogP) is 6.05. The van der Waals surface area contributed by atoms with Crippen molar-refractivity contribution in [2.45, 2.75) is 64.2 Å². The monoisotopic (exact) mass is 558 g/mol. The molecule has 1 saturated heterocycles. The van der Waals surface area contributed by atoms with E-state index in [1.165, 1.54) is 29.6 Å². The third-order valence-electron chi connectivity index (χ3n) is 6.50. The first-order chi connectivity index (χ1) is 18.2. The molecule has 5 aromatic rings. The molecule has 3 unspecified atom stereocenters. The van der Waals surface area contributed by atoms with Crippen LogP contribution in [0, 0.1) is 0 Å². The molecular weight excluding hydrogens is 531 g/mol. The van der Waals surface area contributed by atoms with Gasteiger partial charge < -0.3 is 23.7 Å². The lowest BCUT2D eigenvalue weighted by molar-refractivity contribution is -0.135. The SMILES string of the molecule is COc1cc(OCc2csc(C3(O)CC(C)OC(C)C3)n2)c2cc(-c3cn4nc(C(C)F)sc4n3)oc2c1. The number of halogens is 1. The number of ether oxygens (including phenoxy) is 3. The van der Waals surface area contributed by atoms with Crippen LogP contribution in [0.3, 0.4) is 0 Å². The first-order valence-corrected chi connectivity index (χ1v) is 14.0. The van der Waals surface area contributed by atoms with Crippen LogP contribution in [0.2, 0.25) is 0 Å². The van der Waals surface area contributed by atoms with Gasteiger partial charge in [0.1, 0.15) is 40.0 Å². The van der Waals surface area contributed by atoms with Crippen molar-refractivity contribution in [1.82, 2.24) is 19.6 Å². The Hall–Kier alpha value is -3.06. The summed E-state index contributed by atoms with van der Waals surface area (Å²) in [5.41, 5.74) is 0.887. The van der Waals surface area contributed by atoms with E-state index in [1.807, 2.05) is 25.3 Å². The summed E-state index contributed by atoms with van der Waals surface area (Å²) < 4.78 is 38.7. The fourth-order valence-corrected chi connectivity index (χ4v) is 6.62. The molecule has 3 atom stereocenters. The Labute approximate surface area is 225 Å². The van der Waals surface area contributed by atoms with Crippen LogP contribution in [0.4, 0.5) is 4.39 Å². The van der Waals surface area contributed by atoms with Crippen LogP contribution in [0.1, 0.15) is 55.5 Å². The summed E-state index contributed by atoms with van der Waals surface area (Å²) in [6.07, 6.45) is 1.51. The van der Waals surface area contributed by atoms with E-state index in [9.17, 15) is 9.50 Å². The number of hydrogen-bond acceptors (Lipinski definition) is 10. The van der Waals surface area contributed by atoms with Crippen molar-refractivity contribution >= 4 is 38.6 Å². The highest BCUT2D eigenvalue weighted by molar-refractivity contribution is 7.16. The quantitative estimate of drug-likeness (QED) is 0.257. The Bertz CT molecular complexity index is 1560. The Kier molecular flexibility index (Phi) is 6.37. The molecule has 0 bridgehead atoms. The molecule has 0 aliphatic carbocycles. The summed E-state index contributed by atoms with van der Waals surface area (Å²) in [6, 6.07) is 5.44. The maximum atomic E-state index is 13.6. The van der Waals surface area contributed by atoms with Gasteiger partial charge in [0.15, 0.2) is 16.9 Å². The van der Waals surface area contributed by atoms with Gasteiger partial charge in [0.25, 0.3) is 0 Å². The summed E-state index contributed by atoms with van der Waals surface area (Å²) in [6.45, 7) is 5.60. The van der Waals surface area contributed by atoms with Gasteiger partial charge in [0, 0.05) is 30.4 Å². The second kappa shape index (κ2) is 9.60. The van der Waals surface area contributed by atoms with Crippen molar-refractivity contribution in [3.8, 4) is 23.0 Å². The molecule has 1 N–H and O–H groups in total. The molecule has 9 nitrogen and oxygen atoms in total. The molecule has 1 aliphatic heterocycles. The lowest BCUT2D eigenvalue weighted by Gasteiger charge is -2.37. The van der Waals surface area contributed by atoms with Crippen LogP contribution < -0.4 is 9.47 Å². The Morgan fingerprint density at radius 3 is 2.74 bits per heavy atom. The zero-order chi connectivity index (χ0) is 26.6. The van der Waals surface area contributed by atoms with Gasteiger partial charge >= 0.3 is 0 Å². The molecule has 1 aromatic carbocycles. The van der Waals surface area contributed by atoms with Crippen molar-refractivity contribution in [3.63, 3.8) is 0 Å². The highest BCUT2D eigenvalue weighted by Crippen LogP contribution is 2.40. The lowest BCUT2D eigenvalue weighted by Crippen LogP contribution is -2.41. The number of benzene rings is 1. The fourth-order valence-electron chi connectivity index (χ4n) is 4.88. The molecule has 0 amide bonds. The van der Waals surface area contributed by atoms with Gasteiger partial charge in [-0.1, -0.05) is 11.3 Å². The van der Waals surface area contributed by atoms with Crippen molar-refractivity contribution in [2.75, 3.05) is 7.11 Å². The molecular formula is C26H27FN4O5S2. The first-order valence-electron chi connectivity index (χ1n) is 12.3. The fraction of sp³-hybridized carbons (Fsp3) is 0.423. The molecule has 6 rings (SSSR count). The molecule has 5 heterocycles. The highest BCUT2D eigenvalue weighted by atomic mass is 32.1. The second-order valence-corrected chi connectivity index (χ2v) is 11.5. The zero-order valence-corrected chi connectivity index (χ0v) is 22.9. The van der Waals surface area contributed by atoms with E-state index in [2.05, 4.69) is 10.1 Å². The Morgan fingerprint density at radius 1 is 1.24 bits per heavy atom. The lowest BCUT2D eigenvalue weighted by atomic mass is 9.88. The molecule has 0 radical (unpaired) electrons. The standard InChI is InChI=1S/C26H27FN4O5S2/c1-13-8-26(32,9-14(2)35-13)24-28-16(12-37-24)11-34-20-5-17(33-4)6-21-18(20)7-22(36-21)19-10-31-25(29-19)38-23(30-31)15(3)27/h5-7,10,12-15,32H,8-9,11H2,1-4H3. The number of rotatable bonds is 7. The van der Waals surface area contributed by atoms with Crippen molar-refractivity contribution in [1.29, 1.82) is 0 Å². The molecule has 4 aromatic heterocycles. The summed E-state index contributed by atoms with van der Waals surface area (Å²) in [4.78, 5) is 9.83. The summed E-state index contributed by atoms with van der Waals surface area (Å²) in [5, 5.41) is 19.2. The molecule has 1 fully saturated rings. The first kappa shape index (κ1) is 25.2. The normalized spacial score (nSPS) is 22.8. The van der Waals surface area contributed by atoms with Crippen molar-refractivity contribution < 1.29 is 28.1 Å². The number of nitrogens with zero attached hydrogens (tertiary/aromatic N) is 4. The third kappa shape index (κ3) is 4.66. The van der Waals surface area contributed by atoms with Crippen LogP contribution in [0.25, 0.3) is 27.4 Å².